The monoisotopic (exact) mass is 462 g/mol. The van der Waals surface area contributed by atoms with Gasteiger partial charge in [-0.25, -0.2) is 0 Å². The van der Waals surface area contributed by atoms with E-state index in [1.807, 2.05) is 0 Å². The van der Waals surface area contributed by atoms with Crippen LogP contribution in [-0.4, -0.2) is 0 Å². The van der Waals surface area contributed by atoms with Crippen LogP contribution in [-0.2, 0) is 12.8 Å². The first-order valence-electron chi connectivity index (χ1n) is 13.1. The van der Waals surface area contributed by atoms with Gasteiger partial charge in [-0.15, -0.1) is 0 Å². The van der Waals surface area contributed by atoms with Crippen LogP contribution in [0.25, 0.3) is 44.5 Å². The molecule has 5 aromatic carbocycles. The van der Waals surface area contributed by atoms with Crippen molar-refractivity contribution in [1.29, 1.82) is 0 Å². The van der Waals surface area contributed by atoms with E-state index in [0.717, 1.165) is 12.8 Å². The Morgan fingerprint density at radius 2 is 0.778 bits per heavy atom. The van der Waals surface area contributed by atoms with Crippen LogP contribution in [0.15, 0.2) is 84.9 Å². The van der Waals surface area contributed by atoms with E-state index >= 15 is 0 Å². The van der Waals surface area contributed by atoms with Crippen molar-refractivity contribution in [2.75, 3.05) is 0 Å². The molecule has 5 aromatic rings. The lowest BCUT2D eigenvalue weighted by Crippen LogP contribution is -2.00. The molecule has 36 heavy (non-hydrogen) atoms. The number of hydrogen-bond donors (Lipinski definition) is 0. The summed E-state index contributed by atoms with van der Waals surface area (Å²) in [5.74, 6) is 0. The fourth-order valence-corrected chi connectivity index (χ4v) is 6.69. The molecule has 0 saturated heterocycles. The van der Waals surface area contributed by atoms with E-state index in [1.54, 1.807) is 0 Å². The second kappa shape index (κ2) is 7.80. The van der Waals surface area contributed by atoms with Gasteiger partial charge >= 0.3 is 0 Å². The Balaban J connectivity index is 1.52. The summed E-state index contributed by atoms with van der Waals surface area (Å²) in [5.41, 5.74) is 22.6. The van der Waals surface area contributed by atoms with Crippen molar-refractivity contribution in [2.24, 2.45) is 0 Å². The first-order valence-corrected chi connectivity index (χ1v) is 13.1. The fourth-order valence-electron chi connectivity index (χ4n) is 6.69. The van der Waals surface area contributed by atoms with Crippen molar-refractivity contribution in [3.63, 3.8) is 0 Å². The molecule has 7 rings (SSSR count). The lowest BCUT2D eigenvalue weighted by Gasteiger charge is -2.22. The predicted molar refractivity (Wildman–Crippen MR) is 153 cm³/mol. The number of aryl methyl sites for hydroxylation is 2. The molecule has 2 aliphatic rings. The first kappa shape index (κ1) is 21.4. The maximum atomic E-state index is 2.41. The smallest absolute Gasteiger partial charge is 0.000718 e. The molecule has 0 fully saturated rings. The number of benzene rings is 5. The number of hydrogen-bond acceptors (Lipinski definition) is 0. The zero-order valence-electron chi connectivity index (χ0n) is 21.5. The summed E-state index contributed by atoms with van der Waals surface area (Å²) in [4.78, 5) is 0. The lowest BCUT2D eigenvalue weighted by atomic mass is 9.82. The van der Waals surface area contributed by atoms with E-state index in [0.29, 0.717) is 0 Å². The zero-order valence-corrected chi connectivity index (χ0v) is 21.5. The summed E-state index contributed by atoms with van der Waals surface area (Å²) < 4.78 is 0. The molecule has 174 valence electrons. The van der Waals surface area contributed by atoms with Gasteiger partial charge in [0, 0.05) is 0 Å². The van der Waals surface area contributed by atoms with Crippen LogP contribution < -0.4 is 0 Å². The van der Waals surface area contributed by atoms with Gasteiger partial charge in [0.05, 0.1) is 0 Å². The maximum absolute atomic E-state index is 2.41. The van der Waals surface area contributed by atoms with Crippen molar-refractivity contribution >= 4 is 0 Å². The van der Waals surface area contributed by atoms with Crippen molar-refractivity contribution < 1.29 is 0 Å². The Bertz CT molecular complexity index is 1590. The highest BCUT2D eigenvalue weighted by molar-refractivity contribution is 5.96. The van der Waals surface area contributed by atoms with Gasteiger partial charge in [-0.05, 0) is 130 Å². The first-order chi connectivity index (χ1) is 17.5. The number of fused-ring (bicyclic) bond motifs is 6. The van der Waals surface area contributed by atoms with Crippen LogP contribution in [0, 0.1) is 27.7 Å². The molecule has 0 N–H and O–H groups in total. The summed E-state index contributed by atoms with van der Waals surface area (Å²) in [6.07, 6.45) is 2.01. The molecular weight excluding hydrogens is 432 g/mol. The quantitative estimate of drug-likeness (QED) is 0.240. The Hall–Kier alpha value is -3.90. The SMILES string of the molecule is Cc1cc2c(c(-c3ccccc3-c3c(C)c(C)cc4c3Cc3ccccc3-4)c1C)Cc1ccccc1-2. The molecular formula is C36H30. The van der Waals surface area contributed by atoms with E-state index in [9.17, 15) is 0 Å². The Morgan fingerprint density at radius 1 is 0.417 bits per heavy atom. The molecule has 0 unspecified atom stereocenters. The Morgan fingerprint density at radius 3 is 1.19 bits per heavy atom. The Labute approximate surface area is 214 Å². The number of rotatable bonds is 2. The van der Waals surface area contributed by atoms with Crippen LogP contribution in [0.3, 0.4) is 0 Å². The molecule has 0 atom stereocenters. The van der Waals surface area contributed by atoms with Gasteiger partial charge < -0.3 is 0 Å². The molecule has 0 amide bonds. The summed E-state index contributed by atoms with van der Waals surface area (Å²) in [5, 5.41) is 0. The molecule has 0 aromatic heterocycles. The molecule has 0 spiro atoms. The van der Waals surface area contributed by atoms with Crippen LogP contribution in [0.5, 0.6) is 0 Å². The molecule has 0 heteroatoms. The van der Waals surface area contributed by atoms with E-state index in [4.69, 9.17) is 0 Å². The molecule has 0 aliphatic heterocycles. The van der Waals surface area contributed by atoms with Crippen LogP contribution in [0.4, 0.5) is 0 Å². The maximum Gasteiger partial charge on any atom is -0.000718 e. The molecule has 0 heterocycles. The zero-order chi connectivity index (χ0) is 24.6. The second-order valence-corrected chi connectivity index (χ2v) is 10.7. The van der Waals surface area contributed by atoms with E-state index in [2.05, 4.69) is 113 Å². The van der Waals surface area contributed by atoms with Gasteiger partial charge in [0.1, 0.15) is 0 Å². The standard InChI is InChI=1S/C36H30/c1-21-17-31-27-13-7-5-11-25(27)19-33(31)35(23(21)3)29-15-9-10-16-30(29)36-24(4)22(2)18-32-28-14-8-6-12-26(28)20-34(32)36/h5-18H,19-20H2,1-4H3. The van der Waals surface area contributed by atoms with E-state index < -0.39 is 0 Å². The predicted octanol–water partition coefficient (Wildman–Crippen LogP) is 9.40. The van der Waals surface area contributed by atoms with Gasteiger partial charge in [0.2, 0.25) is 0 Å². The topological polar surface area (TPSA) is 0 Å². The minimum atomic E-state index is 1.01. The lowest BCUT2D eigenvalue weighted by molar-refractivity contribution is 1.22. The fraction of sp³-hybridized carbons (Fsp3) is 0.167. The van der Waals surface area contributed by atoms with Gasteiger partial charge in [0.25, 0.3) is 0 Å². The molecule has 0 nitrogen and oxygen atoms in total. The van der Waals surface area contributed by atoms with Crippen molar-refractivity contribution in [3.8, 4) is 44.5 Å². The molecule has 0 saturated carbocycles. The average Bonchev–Trinajstić information content (AvgIpc) is 3.44. The summed E-state index contributed by atoms with van der Waals surface area (Å²) in [7, 11) is 0. The van der Waals surface area contributed by atoms with Gasteiger partial charge in [-0.1, -0.05) is 84.9 Å². The van der Waals surface area contributed by atoms with Crippen molar-refractivity contribution in [1.82, 2.24) is 0 Å². The molecule has 0 radical (unpaired) electrons. The minimum absolute atomic E-state index is 1.01. The highest BCUT2D eigenvalue weighted by atomic mass is 14.3. The third kappa shape index (κ3) is 2.94. The van der Waals surface area contributed by atoms with E-state index in [1.165, 1.54) is 89.0 Å². The molecule has 0 bridgehead atoms. The van der Waals surface area contributed by atoms with Gasteiger partial charge in [-0.2, -0.15) is 0 Å². The highest BCUT2D eigenvalue weighted by Gasteiger charge is 2.28. The van der Waals surface area contributed by atoms with Crippen molar-refractivity contribution in [2.45, 2.75) is 40.5 Å². The third-order valence-electron chi connectivity index (χ3n) is 8.72. The van der Waals surface area contributed by atoms with Gasteiger partial charge in [-0.3, -0.25) is 0 Å². The van der Waals surface area contributed by atoms with Crippen LogP contribution >= 0.6 is 0 Å². The molecule has 2 aliphatic carbocycles. The summed E-state index contributed by atoms with van der Waals surface area (Å²) in [6, 6.07) is 31.9. The summed E-state index contributed by atoms with van der Waals surface area (Å²) >= 11 is 0. The van der Waals surface area contributed by atoms with E-state index in [-0.39, 0.29) is 0 Å². The minimum Gasteiger partial charge on any atom is -0.0619 e. The Kier molecular flexibility index (Phi) is 4.63. The van der Waals surface area contributed by atoms with Crippen molar-refractivity contribution in [3.05, 3.63) is 129 Å². The normalized spacial score (nSPS) is 12.8. The summed E-state index contributed by atoms with van der Waals surface area (Å²) in [6.45, 7) is 9.17. The van der Waals surface area contributed by atoms with Crippen LogP contribution in [0.2, 0.25) is 0 Å². The van der Waals surface area contributed by atoms with Crippen LogP contribution in [0.1, 0.15) is 44.5 Å². The highest BCUT2D eigenvalue weighted by Crippen LogP contribution is 2.50. The third-order valence-corrected chi connectivity index (χ3v) is 8.72. The van der Waals surface area contributed by atoms with Gasteiger partial charge in [0.15, 0.2) is 0 Å². The average molecular weight is 463 g/mol. The second-order valence-electron chi connectivity index (χ2n) is 10.7. The largest absolute Gasteiger partial charge is 0.0619 e.